The van der Waals surface area contributed by atoms with Crippen LogP contribution < -0.4 is 9.62 Å². The molecule has 5 nitrogen and oxygen atoms in total. The average molecular weight is 515 g/mol. The minimum Gasteiger partial charge on any atom is -0.348 e. The molecule has 168 valence electrons. The van der Waals surface area contributed by atoms with Crippen molar-refractivity contribution in [3.8, 4) is 0 Å². The fourth-order valence-corrected chi connectivity index (χ4v) is 5.39. The number of amides is 1. The van der Waals surface area contributed by atoms with Crippen LogP contribution in [0.1, 0.15) is 35.2 Å². The number of carbonyl (C=O) groups is 1. The number of aryl methyl sites for hydroxylation is 3. The van der Waals surface area contributed by atoms with Gasteiger partial charge < -0.3 is 5.32 Å². The van der Waals surface area contributed by atoms with Crippen LogP contribution in [0.4, 0.5) is 5.69 Å². The van der Waals surface area contributed by atoms with Crippen molar-refractivity contribution in [3.63, 3.8) is 0 Å². The van der Waals surface area contributed by atoms with Crippen LogP contribution >= 0.6 is 15.9 Å². The molecule has 7 heteroatoms. The van der Waals surface area contributed by atoms with Crippen LogP contribution in [0.25, 0.3) is 0 Å². The van der Waals surface area contributed by atoms with Crippen LogP contribution in [0, 0.1) is 20.8 Å². The summed E-state index contributed by atoms with van der Waals surface area (Å²) in [5.41, 5.74) is 4.59. The third-order valence-electron chi connectivity index (χ3n) is 5.26. The van der Waals surface area contributed by atoms with Crippen LogP contribution in [0.3, 0.4) is 0 Å². The van der Waals surface area contributed by atoms with E-state index >= 15 is 0 Å². The molecule has 1 amide bonds. The molecule has 0 aliphatic rings. The Morgan fingerprint density at radius 3 is 2.25 bits per heavy atom. The van der Waals surface area contributed by atoms with Gasteiger partial charge in [-0.3, -0.25) is 9.10 Å². The van der Waals surface area contributed by atoms with Crippen LogP contribution in [-0.2, 0) is 14.8 Å². The van der Waals surface area contributed by atoms with Gasteiger partial charge in [0.25, 0.3) is 10.0 Å². The zero-order chi connectivity index (χ0) is 23.5. The van der Waals surface area contributed by atoms with Gasteiger partial charge in [-0.2, -0.15) is 0 Å². The van der Waals surface area contributed by atoms with Crippen molar-refractivity contribution >= 4 is 37.5 Å². The van der Waals surface area contributed by atoms with Gasteiger partial charge in [-0.25, -0.2) is 8.42 Å². The van der Waals surface area contributed by atoms with E-state index in [1.54, 1.807) is 42.5 Å². The van der Waals surface area contributed by atoms with Gasteiger partial charge in [-0.1, -0.05) is 63.5 Å². The first-order chi connectivity index (χ1) is 15.1. The van der Waals surface area contributed by atoms with Crippen molar-refractivity contribution in [2.45, 2.75) is 38.6 Å². The van der Waals surface area contributed by atoms with Gasteiger partial charge in [0.1, 0.15) is 6.54 Å². The molecule has 32 heavy (non-hydrogen) atoms. The van der Waals surface area contributed by atoms with Crippen molar-refractivity contribution in [1.82, 2.24) is 5.32 Å². The standard InChI is InChI=1S/C25H27BrN2O3S/c1-17-8-11-23(12-9-17)32(30,31)28(22-7-5-6-21(26)15-22)16-25(29)27-20(4)24-13-10-18(2)14-19(24)3/h5-15,20H,16H2,1-4H3,(H,27,29)/t20-/m1/s1. The first-order valence-electron chi connectivity index (χ1n) is 10.3. The summed E-state index contributed by atoms with van der Waals surface area (Å²) >= 11 is 3.39. The highest BCUT2D eigenvalue weighted by atomic mass is 79.9. The number of benzene rings is 3. The Bertz CT molecular complexity index is 1220. The molecule has 0 heterocycles. The van der Waals surface area contributed by atoms with E-state index in [1.165, 1.54) is 0 Å². The van der Waals surface area contributed by atoms with Crippen molar-refractivity contribution in [1.29, 1.82) is 0 Å². The second-order valence-corrected chi connectivity index (χ2v) is 10.7. The maximum absolute atomic E-state index is 13.5. The lowest BCUT2D eigenvalue weighted by Gasteiger charge is -2.25. The third kappa shape index (κ3) is 5.58. The van der Waals surface area contributed by atoms with Crippen LogP contribution in [0.15, 0.2) is 76.1 Å². The molecule has 0 aliphatic carbocycles. The van der Waals surface area contributed by atoms with Crippen molar-refractivity contribution in [2.24, 2.45) is 0 Å². The zero-order valence-corrected chi connectivity index (χ0v) is 21.0. The molecule has 3 rings (SSSR count). The van der Waals surface area contributed by atoms with E-state index in [-0.39, 0.29) is 23.4 Å². The van der Waals surface area contributed by atoms with Crippen LogP contribution in [-0.4, -0.2) is 20.9 Å². The summed E-state index contributed by atoms with van der Waals surface area (Å²) in [4.78, 5) is 13.1. The Balaban J connectivity index is 1.90. The highest BCUT2D eigenvalue weighted by Crippen LogP contribution is 2.27. The molecule has 0 bridgehead atoms. The number of sulfonamides is 1. The molecule has 3 aromatic rings. The lowest BCUT2D eigenvalue weighted by Crippen LogP contribution is -2.41. The van der Waals surface area contributed by atoms with E-state index < -0.39 is 10.0 Å². The number of anilines is 1. The summed E-state index contributed by atoms with van der Waals surface area (Å²) in [6.07, 6.45) is 0. The zero-order valence-electron chi connectivity index (χ0n) is 18.6. The first kappa shape index (κ1) is 24.0. The normalized spacial score (nSPS) is 12.3. The van der Waals surface area contributed by atoms with Gasteiger partial charge in [0, 0.05) is 4.47 Å². The molecule has 0 unspecified atom stereocenters. The topological polar surface area (TPSA) is 66.5 Å². The number of nitrogens with zero attached hydrogens (tertiary/aromatic N) is 1. The summed E-state index contributed by atoms with van der Waals surface area (Å²) in [7, 11) is -3.95. The Labute approximate surface area is 198 Å². The molecule has 0 saturated heterocycles. The summed E-state index contributed by atoms with van der Waals surface area (Å²) in [5, 5.41) is 2.95. The lowest BCUT2D eigenvalue weighted by molar-refractivity contribution is -0.120. The maximum Gasteiger partial charge on any atom is 0.264 e. The highest BCUT2D eigenvalue weighted by molar-refractivity contribution is 9.10. The minimum atomic E-state index is -3.95. The Kier molecular flexibility index (Phi) is 7.41. The van der Waals surface area contributed by atoms with E-state index in [0.29, 0.717) is 5.69 Å². The van der Waals surface area contributed by atoms with Gasteiger partial charge in [-0.15, -0.1) is 0 Å². The number of hydrogen-bond donors (Lipinski definition) is 1. The minimum absolute atomic E-state index is 0.137. The van der Waals surface area contributed by atoms with E-state index in [9.17, 15) is 13.2 Å². The van der Waals surface area contributed by atoms with E-state index in [4.69, 9.17) is 0 Å². The van der Waals surface area contributed by atoms with Crippen LogP contribution in [0.5, 0.6) is 0 Å². The number of halogens is 1. The fourth-order valence-electron chi connectivity index (χ4n) is 3.59. The monoisotopic (exact) mass is 514 g/mol. The predicted molar refractivity (Wildman–Crippen MR) is 132 cm³/mol. The van der Waals surface area contributed by atoms with Gasteiger partial charge in [0.2, 0.25) is 5.91 Å². The quantitative estimate of drug-likeness (QED) is 0.455. The predicted octanol–water partition coefficient (Wildman–Crippen LogP) is 5.45. The van der Waals surface area contributed by atoms with Gasteiger partial charge >= 0.3 is 0 Å². The largest absolute Gasteiger partial charge is 0.348 e. The summed E-state index contributed by atoms with van der Waals surface area (Å²) in [6, 6.07) is 19.3. The van der Waals surface area contributed by atoms with Crippen molar-refractivity contribution in [2.75, 3.05) is 10.8 Å². The molecule has 0 fully saturated rings. The molecular formula is C25H27BrN2O3S. The van der Waals surface area contributed by atoms with E-state index in [2.05, 4.69) is 27.3 Å². The fraction of sp³-hybridized carbons (Fsp3) is 0.240. The molecule has 0 aliphatic heterocycles. The second kappa shape index (κ2) is 9.88. The number of carbonyl (C=O) groups excluding carboxylic acids is 1. The smallest absolute Gasteiger partial charge is 0.264 e. The second-order valence-electron chi connectivity index (χ2n) is 7.95. The van der Waals surface area contributed by atoms with Gasteiger partial charge in [-0.05, 0) is 69.2 Å². The van der Waals surface area contributed by atoms with Crippen molar-refractivity contribution < 1.29 is 13.2 Å². The highest BCUT2D eigenvalue weighted by Gasteiger charge is 2.28. The third-order valence-corrected chi connectivity index (χ3v) is 7.54. The Morgan fingerprint density at radius 2 is 1.62 bits per heavy atom. The summed E-state index contributed by atoms with van der Waals surface area (Å²) in [6.45, 7) is 7.48. The van der Waals surface area contributed by atoms with Gasteiger partial charge in [0.05, 0.1) is 16.6 Å². The summed E-state index contributed by atoms with van der Waals surface area (Å²) in [5.74, 6) is -0.381. The number of nitrogens with one attached hydrogen (secondary N) is 1. The van der Waals surface area contributed by atoms with Crippen molar-refractivity contribution in [3.05, 3.63) is 93.5 Å². The molecular weight excluding hydrogens is 488 g/mol. The average Bonchev–Trinajstić information content (AvgIpc) is 2.72. The first-order valence-corrected chi connectivity index (χ1v) is 12.5. The molecule has 0 radical (unpaired) electrons. The van der Waals surface area contributed by atoms with E-state index in [1.807, 2.05) is 45.9 Å². The Morgan fingerprint density at radius 1 is 0.969 bits per heavy atom. The lowest BCUT2D eigenvalue weighted by atomic mass is 10.0. The molecule has 1 atom stereocenters. The molecule has 3 aromatic carbocycles. The van der Waals surface area contributed by atoms with Gasteiger partial charge in [0.15, 0.2) is 0 Å². The SMILES string of the molecule is Cc1ccc(S(=O)(=O)N(CC(=O)N[C@H](C)c2ccc(C)cc2C)c2cccc(Br)c2)cc1. The number of rotatable bonds is 7. The molecule has 1 N–H and O–H groups in total. The number of hydrogen-bond acceptors (Lipinski definition) is 3. The summed E-state index contributed by atoms with van der Waals surface area (Å²) < 4.78 is 28.8. The molecule has 0 aromatic heterocycles. The maximum atomic E-state index is 13.5. The molecule has 0 saturated carbocycles. The van der Waals surface area contributed by atoms with E-state index in [0.717, 1.165) is 31.0 Å². The Hall–Kier alpha value is -2.64. The van der Waals surface area contributed by atoms with Crippen LogP contribution in [0.2, 0.25) is 0 Å². The molecule has 0 spiro atoms.